The van der Waals surface area contributed by atoms with Crippen LogP contribution in [0, 0.1) is 5.82 Å². The zero-order valence-electron chi connectivity index (χ0n) is 16.8. The third-order valence-electron chi connectivity index (χ3n) is 5.00. The topological polar surface area (TPSA) is 113 Å². The van der Waals surface area contributed by atoms with Crippen LogP contribution in [0.15, 0.2) is 70.6 Å². The summed E-state index contributed by atoms with van der Waals surface area (Å²) < 4.78 is 31.9. The number of halogens is 1. The van der Waals surface area contributed by atoms with Gasteiger partial charge in [-0.1, -0.05) is 30.3 Å². The van der Waals surface area contributed by atoms with Crippen LogP contribution in [0.25, 0.3) is 0 Å². The first-order valence-corrected chi connectivity index (χ1v) is 9.90. The highest BCUT2D eigenvalue weighted by Crippen LogP contribution is 2.31. The summed E-state index contributed by atoms with van der Waals surface area (Å²) in [5.41, 5.74) is -0.712. The molecule has 0 spiro atoms. The Labute approximate surface area is 181 Å². The van der Waals surface area contributed by atoms with E-state index in [0.29, 0.717) is 0 Å². The van der Waals surface area contributed by atoms with Gasteiger partial charge in [-0.2, -0.15) is 4.39 Å². The third kappa shape index (κ3) is 4.98. The summed E-state index contributed by atoms with van der Waals surface area (Å²) in [7, 11) is 0. The number of aromatic nitrogens is 3. The van der Waals surface area contributed by atoms with Crippen LogP contribution in [0.3, 0.4) is 0 Å². The summed E-state index contributed by atoms with van der Waals surface area (Å²) in [6, 6.07) is 12.6. The molecule has 3 heterocycles. The van der Waals surface area contributed by atoms with Crippen molar-refractivity contribution >= 4 is 5.97 Å². The van der Waals surface area contributed by atoms with Crippen molar-refractivity contribution in [2.75, 3.05) is 6.61 Å². The number of hydrogen-bond acceptors (Lipinski definition) is 7. The Balaban J connectivity index is 1.49. The molecule has 1 fully saturated rings. The fourth-order valence-corrected chi connectivity index (χ4v) is 3.37. The van der Waals surface area contributed by atoms with Crippen molar-refractivity contribution in [3.8, 4) is 0 Å². The van der Waals surface area contributed by atoms with E-state index in [1.54, 1.807) is 12.1 Å². The number of carbonyl (C=O) groups excluding carboxylic acids is 1. The minimum absolute atomic E-state index is 0.149. The van der Waals surface area contributed by atoms with Gasteiger partial charge in [-0.3, -0.25) is 19.3 Å². The van der Waals surface area contributed by atoms with Crippen LogP contribution >= 0.6 is 0 Å². The number of ether oxygens (including phenoxy) is 3. The highest BCUT2D eigenvalue weighted by Gasteiger charge is 2.38. The average Bonchev–Trinajstić information content (AvgIpc) is 3.22. The molecule has 0 aliphatic carbocycles. The molecule has 1 aromatic carbocycles. The maximum absolute atomic E-state index is 13.8. The van der Waals surface area contributed by atoms with E-state index in [4.69, 9.17) is 14.2 Å². The van der Waals surface area contributed by atoms with Crippen LogP contribution < -0.4 is 11.2 Å². The van der Waals surface area contributed by atoms with Crippen molar-refractivity contribution in [2.45, 2.75) is 31.5 Å². The van der Waals surface area contributed by atoms with E-state index in [1.165, 1.54) is 12.4 Å². The first-order valence-electron chi connectivity index (χ1n) is 9.90. The molecule has 1 saturated heterocycles. The predicted octanol–water partition coefficient (Wildman–Crippen LogP) is 1.80. The number of hydrogen-bond donors (Lipinski definition) is 1. The van der Waals surface area contributed by atoms with E-state index in [0.717, 1.165) is 16.3 Å². The third-order valence-corrected chi connectivity index (χ3v) is 5.00. The molecule has 3 atom stereocenters. The lowest BCUT2D eigenvalue weighted by atomic mass is 10.1. The summed E-state index contributed by atoms with van der Waals surface area (Å²) in [4.78, 5) is 41.5. The second-order valence-corrected chi connectivity index (χ2v) is 7.18. The Morgan fingerprint density at radius 3 is 2.78 bits per heavy atom. The molecule has 166 valence electrons. The van der Waals surface area contributed by atoms with Gasteiger partial charge in [-0.25, -0.2) is 9.59 Å². The molecule has 10 heteroatoms. The van der Waals surface area contributed by atoms with Crippen molar-refractivity contribution in [1.29, 1.82) is 0 Å². The van der Waals surface area contributed by atoms with Crippen LogP contribution in [0.4, 0.5) is 4.39 Å². The van der Waals surface area contributed by atoms with Crippen molar-refractivity contribution in [1.82, 2.24) is 14.5 Å². The predicted molar refractivity (Wildman–Crippen MR) is 109 cm³/mol. The van der Waals surface area contributed by atoms with Crippen LogP contribution in [0.5, 0.6) is 0 Å². The summed E-state index contributed by atoms with van der Waals surface area (Å²) in [5.74, 6) is -1.69. The van der Waals surface area contributed by atoms with E-state index in [1.807, 2.05) is 35.3 Å². The van der Waals surface area contributed by atoms with Crippen LogP contribution in [-0.2, 0) is 20.8 Å². The van der Waals surface area contributed by atoms with Gasteiger partial charge in [0.15, 0.2) is 0 Å². The molecule has 0 bridgehead atoms. The fourth-order valence-electron chi connectivity index (χ4n) is 3.37. The molecule has 2 aromatic heterocycles. The number of nitrogens with zero attached hydrogens (tertiary/aromatic N) is 2. The minimum atomic E-state index is -1.11. The normalized spacial score (nSPS) is 20.2. The molecule has 3 aromatic rings. The Hall–Kier alpha value is -3.63. The van der Waals surface area contributed by atoms with Crippen molar-refractivity contribution in [3.63, 3.8) is 0 Å². The van der Waals surface area contributed by atoms with Crippen molar-refractivity contribution in [3.05, 3.63) is 98.8 Å². The summed E-state index contributed by atoms with van der Waals surface area (Å²) in [5, 5.41) is 0. The molecular weight excluding hydrogens is 421 g/mol. The van der Waals surface area contributed by atoms with E-state index in [9.17, 15) is 18.8 Å². The number of pyridine rings is 1. The molecule has 1 unspecified atom stereocenters. The lowest BCUT2D eigenvalue weighted by Gasteiger charge is -2.19. The number of H-pyrrole nitrogens is 1. The summed E-state index contributed by atoms with van der Waals surface area (Å²) in [6.07, 6.45) is 1.73. The second-order valence-electron chi connectivity index (χ2n) is 7.18. The van der Waals surface area contributed by atoms with Crippen LogP contribution in [0.1, 0.15) is 28.6 Å². The van der Waals surface area contributed by atoms with Gasteiger partial charge in [0.25, 0.3) is 5.56 Å². The summed E-state index contributed by atoms with van der Waals surface area (Å²) in [6.45, 7) is 0.119. The molecular formula is C22H20FN3O6. The van der Waals surface area contributed by atoms with Crippen LogP contribution in [0.2, 0.25) is 0 Å². The first kappa shape index (κ1) is 21.6. The molecule has 4 rings (SSSR count). The Morgan fingerprint density at radius 1 is 1.22 bits per heavy atom. The zero-order valence-corrected chi connectivity index (χ0v) is 16.8. The summed E-state index contributed by atoms with van der Waals surface area (Å²) >= 11 is 0. The van der Waals surface area contributed by atoms with E-state index >= 15 is 0 Å². The number of carbonyl (C=O) groups is 1. The minimum Gasteiger partial charge on any atom is -0.459 e. The highest BCUT2D eigenvalue weighted by molar-refractivity contribution is 5.88. The standard InChI is InChI=1S/C22H20FN3O6/c23-16-11-26(22(29)25-20(16)27)19-9-17(30-12-14-5-2-1-3-6-14)18(32-19)13-31-21(28)15-7-4-8-24-10-15/h1-8,10-11,17-19H,9,12-13H2,(H,25,27,29)/t17?,18-,19-/m0/s1. The van der Waals surface area contributed by atoms with E-state index in [-0.39, 0.29) is 25.2 Å². The number of esters is 1. The second kappa shape index (κ2) is 9.67. The number of nitrogens with one attached hydrogen (secondary N) is 1. The first-order chi connectivity index (χ1) is 15.5. The lowest BCUT2D eigenvalue weighted by molar-refractivity contribution is -0.0709. The largest absolute Gasteiger partial charge is 0.459 e. The number of aromatic amines is 1. The van der Waals surface area contributed by atoms with Gasteiger partial charge >= 0.3 is 11.7 Å². The molecule has 0 saturated carbocycles. The van der Waals surface area contributed by atoms with Gasteiger partial charge < -0.3 is 14.2 Å². The van der Waals surface area contributed by atoms with Gasteiger partial charge in [-0.15, -0.1) is 0 Å². The van der Waals surface area contributed by atoms with Gasteiger partial charge in [-0.05, 0) is 17.7 Å². The SMILES string of the molecule is O=C(OC[C@@H]1O[C@H](n2cc(F)c(=O)[nH]c2=O)CC1OCc1ccccc1)c1cccnc1. The molecule has 9 nitrogen and oxygen atoms in total. The van der Waals surface area contributed by atoms with Gasteiger partial charge in [0.1, 0.15) is 18.9 Å². The number of rotatable bonds is 7. The van der Waals surface area contributed by atoms with Gasteiger partial charge in [0.2, 0.25) is 5.82 Å². The zero-order chi connectivity index (χ0) is 22.5. The monoisotopic (exact) mass is 441 g/mol. The molecule has 1 N–H and O–H groups in total. The molecule has 1 aliphatic heterocycles. The molecule has 0 amide bonds. The average molecular weight is 441 g/mol. The lowest BCUT2D eigenvalue weighted by Crippen LogP contribution is -2.34. The molecule has 0 radical (unpaired) electrons. The smallest absolute Gasteiger partial charge is 0.339 e. The van der Waals surface area contributed by atoms with Gasteiger partial charge in [0.05, 0.1) is 24.5 Å². The maximum Gasteiger partial charge on any atom is 0.339 e. The Bertz CT molecular complexity index is 1180. The Morgan fingerprint density at radius 2 is 2.03 bits per heavy atom. The van der Waals surface area contributed by atoms with Crippen molar-refractivity contribution in [2.24, 2.45) is 0 Å². The highest BCUT2D eigenvalue weighted by atomic mass is 19.1. The molecule has 1 aliphatic rings. The maximum atomic E-state index is 13.8. The molecule has 32 heavy (non-hydrogen) atoms. The van der Waals surface area contributed by atoms with Crippen molar-refractivity contribution < 1.29 is 23.4 Å². The van der Waals surface area contributed by atoms with E-state index < -0.39 is 41.5 Å². The number of benzene rings is 1. The Kier molecular flexibility index (Phi) is 6.52. The van der Waals surface area contributed by atoms with Gasteiger partial charge in [0, 0.05) is 18.8 Å². The van der Waals surface area contributed by atoms with Crippen LogP contribution in [-0.4, -0.2) is 39.3 Å². The van der Waals surface area contributed by atoms with E-state index in [2.05, 4.69) is 4.98 Å². The fraction of sp³-hybridized carbons (Fsp3) is 0.273. The quantitative estimate of drug-likeness (QED) is 0.557.